The van der Waals surface area contributed by atoms with E-state index in [0.29, 0.717) is 18.2 Å². The highest BCUT2D eigenvalue weighted by Gasteiger charge is 2.17. The molecule has 0 saturated heterocycles. The molecule has 1 amide bonds. The van der Waals surface area contributed by atoms with Crippen molar-refractivity contribution >= 4 is 11.9 Å². The van der Waals surface area contributed by atoms with Crippen molar-refractivity contribution in [3.63, 3.8) is 0 Å². The monoisotopic (exact) mass is 266 g/mol. The average molecular weight is 266 g/mol. The van der Waals surface area contributed by atoms with E-state index in [4.69, 9.17) is 5.11 Å². The van der Waals surface area contributed by atoms with Crippen LogP contribution in [0.2, 0.25) is 0 Å². The van der Waals surface area contributed by atoms with Crippen LogP contribution in [0, 0.1) is 11.8 Å². The third kappa shape index (κ3) is 5.16. The quantitative estimate of drug-likeness (QED) is 0.791. The molecule has 1 aromatic heterocycles. The van der Waals surface area contributed by atoms with E-state index in [1.54, 1.807) is 29.9 Å². The molecule has 0 radical (unpaired) electrons. The Morgan fingerprint density at radius 2 is 2.11 bits per heavy atom. The van der Waals surface area contributed by atoms with Crippen molar-refractivity contribution in [3.8, 4) is 0 Å². The summed E-state index contributed by atoms with van der Waals surface area (Å²) in [6.45, 7) is 4.50. The summed E-state index contributed by atoms with van der Waals surface area (Å²) < 4.78 is 1.74. The molecule has 2 N–H and O–H groups in total. The number of carboxylic acids is 1. The molecule has 19 heavy (non-hydrogen) atoms. The first kappa shape index (κ1) is 15.3. The minimum atomic E-state index is -0.821. The Balaban J connectivity index is 2.53. The van der Waals surface area contributed by atoms with Crippen molar-refractivity contribution in [2.24, 2.45) is 18.9 Å². The zero-order valence-electron chi connectivity index (χ0n) is 11.7. The van der Waals surface area contributed by atoms with Crippen LogP contribution in [0.15, 0.2) is 18.3 Å². The molecule has 0 aromatic carbocycles. The van der Waals surface area contributed by atoms with Gasteiger partial charge in [0, 0.05) is 26.2 Å². The molecule has 1 heterocycles. The Morgan fingerprint density at radius 3 is 2.58 bits per heavy atom. The first-order valence-electron chi connectivity index (χ1n) is 6.51. The van der Waals surface area contributed by atoms with Crippen molar-refractivity contribution < 1.29 is 14.7 Å². The summed E-state index contributed by atoms with van der Waals surface area (Å²) in [4.78, 5) is 22.7. The molecule has 0 aliphatic heterocycles. The summed E-state index contributed by atoms with van der Waals surface area (Å²) in [5.41, 5.74) is 0.582. The number of aliphatic carboxylic acids is 1. The lowest BCUT2D eigenvalue weighted by atomic mass is 9.94. The molecule has 0 unspecified atom stereocenters. The van der Waals surface area contributed by atoms with Crippen LogP contribution in [0.4, 0.5) is 0 Å². The molecule has 0 bridgehead atoms. The molecular formula is C14H22N2O3. The standard InChI is InChI=1S/C14H22N2O3/c1-10(2)7-11(8-13(17)18)9-15-14(19)12-5-4-6-16(12)3/h4-6,10-11H,7-9H2,1-3H3,(H,15,19)(H,17,18)/t11-/m0/s1. The Hall–Kier alpha value is -1.78. The Kier molecular flexibility index (Phi) is 5.60. The van der Waals surface area contributed by atoms with Crippen LogP contribution in [0.1, 0.15) is 37.2 Å². The number of hydrogen-bond donors (Lipinski definition) is 2. The molecule has 5 nitrogen and oxygen atoms in total. The number of carbonyl (C=O) groups excluding carboxylic acids is 1. The second-order valence-corrected chi connectivity index (χ2v) is 5.31. The number of hydrogen-bond acceptors (Lipinski definition) is 2. The number of nitrogens with zero attached hydrogens (tertiary/aromatic N) is 1. The zero-order valence-corrected chi connectivity index (χ0v) is 11.7. The van der Waals surface area contributed by atoms with Crippen LogP contribution in [0.5, 0.6) is 0 Å². The summed E-state index contributed by atoms with van der Waals surface area (Å²) in [5, 5.41) is 11.7. The molecule has 5 heteroatoms. The average Bonchev–Trinajstić information content (AvgIpc) is 2.70. The maximum Gasteiger partial charge on any atom is 0.303 e. The van der Waals surface area contributed by atoms with Gasteiger partial charge in [-0.1, -0.05) is 13.8 Å². The van der Waals surface area contributed by atoms with E-state index in [1.807, 2.05) is 13.8 Å². The van der Waals surface area contributed by atoms with Gasteiger partial charge in [-0.25, -0.2) is 0 Å². The number of amides is 1. The summed E-state index contributed by atoms with van der Waals surface area (Å²) in [5.74, 6) is -0.594. The van der Waals surface area contributed by atoms with Crippen LogP contribution in [0.25, 0.3) is 0 Å². The van der Waals surface area contributed by atoms with E-state index in [1.165, 1.54) is 0 Å². The molecule has 106 valence electrons. The molecule has 0 aliphatic rings. The van der Waals surface area contributed by atoms with Crippen LogP contribution in [-0.2, 0) is 11.8 Å². The van der Waals surface area contributed by atoms with Crippen LogP contribution in [0.3, 0.4) is 0 Å². The second kappa shape index (κ2) is 6.97. The number of aromatic nitrogens is 1. The van der Waals surface area contributed by atoms with Crippen molar-refractivity contribution in [1.82, 2.24) is 9.88 Å². The fraction of sp³-hybridized carbons (Fsp3) is 0.571. The topological polar surface area (TPSA) is 71.3 Å². The molecular weight excluding hydrogens is 244 g/mol. The van der Waals surface area contributed by atoms with E-state index in [2.05, 4.69) is 5.32 Å². The van der Waals surface area contributed by atoms with Crippen molar-refractivity contribution in [3.05, 3.63) is 24.0 Å². The second-order valence-electron chi connectivity index (χ2n) is 5.31. The van der Waals surface area contributed by atoms with Gasteiger partial charge in [-0.15, -0.1) is 0 Å². The van der Waals surface area contributed by atoms with E-state index in [0.717, 1.165) is 6.42 Å². The zero-order chi connectivity index (χ0) is 14.4. The lowest BCUT2D eigenvalue weighted by Gasteiger charge is -2.17. The molecule has 1 aromatic rings. The fourth-order valence-corrected chi connectivity index (χ4v) is 2.18. The predicted octanol–water partition coefficient (Wildman–Crippen LogP) is 1.89. The van der Waals surface area contributed by atoms with Gasteiger partial charge in [0.2, 0.25) is 0 Å². The van der Waals surface area contributed by atoms with E-state index in [9.17, 15) is 9.59 Å². The Bertz CT molecular complexity index is 438. The van der Waals surface area contributed by atoms with Gasteiger partial charge in [0.25, 0.3) is 5.91 Å². The van der Waals surface area contributed by atoms with Crippen molar-refractivity contribution in [2.75, 3.05) is 6.54 Å². The summed E-state index contributed by atoms with van der Waals surface area (Å²) in [7, 11) is 1.80. The maximum atomic E-state index is 11.9. The van der Waals surface area contributed by atoms with Gasteiger partial charge in [0.1, 0.15) is 5.69 Å². The molecule has 0 saturated carbocycles. The van der Waals surface area contributed by atoms with Crippen LogP contribution >= 0.6 is 0 Å². The van der Waals surface area contributed by atoms with Crippen LogP contribution in [-0.4, -0.2) is 28.1 Å². The van der Waals surface area contributed by atoms with Crippen LogP contribution < -0.4 is 5.32 Å². The van der Waals surface area contributed by atoms with E-state index in [-0.39, 0.29) is 18.2 Å². The lowest BCUT2D eigenvalue weighted by molar-refractivity contribution is -0.138. The SMILES string of the molecule is CC(C)C[C@H](CNC(=O)c1cccn1C)CC(=O)O. The first-order chi connectivity index (χ1) is 8.90. The largest absolute Gasteiger partial charge is 0.481 e. The summed E-state index contributed by atoms with van der Waals surface area (Å²) >= 11 is 0. The molecule has 1 atom stereocenters. The number of rotatable bonds is 7. The van der Waals surface area contributed by atoms with Gasteiger partial charge in [-0.3, -0.25) is 9.59 Å². The Labute approximate surface area is 113 Å². The number of carbonyl (C=O) groups is 2. The first-order valence-corrected chi connectivity index (χ1v) is 6.51. The van der Waals surface area contributed by atoms with Gasteiger partial charge in [0.05, 0.1) is 0 Å². The lowest BCUT2D eigenvalue weighted by Crippen LogP contribution is -2.32. The van der Waals surface area contributed by atoms with Gasteiger partial charge in [-0.05, 0) is 30.4 Å². The highest BCUT2D eigenvalue weighted by atomic mass is 16.4. The normalized spacial score (nSPS) is 12.4. The number of aryl methyl sites for hydroxylation is 1. The highest BCUT2D eigenvalue weighted by Crippen LogP contribution is 2.15. The van der Waals surface area contributed by atoms with Gasteiger partial charge in [0.15, 0.2) is 0 Å². The molecule has 1 rings (SSSR count). The maximum absolute atomic E-state index is 11.9. The third-order valence-electron chi connectivity index (χ3n) is 3.00. The minimum absolute atomic E-state index is 0.0262. The van der Waals surface area contributed by atoms with Gasteiger partial charge >= 0.3 is 5.97 Å². The van der Waals surface area contributed by atoms with Gasteiger partial charge < -0.3 is 15.0 Å². The smallest absolute Gasteiger partial charge is 0.303 e. The molecule has 0 spiro atoms. The molecule has 0 fully saturated rings. The van der Waals surface area contributed by atoms with Crippen molar-refractivity contribution in [1.29, 1.82) is 0 Å². The van der Waals surface area contributed by atoms with Crippen molar-refractivity contribution in [2.45, 2.75) is 26.7 Å². The molecule has 0 aliphatic carbocycles. The summed E-state index contributed by atoms with van der Waals surface area (Å²) in [6, 6.07) is 3.54. The predicted molar refractivity (Wildman–Crippen MR) is 72.9 cm³/mol. The third-order valence-corrected chi connectivity index (χ3v) is 3.00. The number of carboxylic acid groups (broad SMARTS) is 1. The van der Waals surface area contributed by atoms with Gasteiger partial charge in [-0.2, -0.15) is 0 Å². The Morgan fingerprint density at radius 1 is 1.42 bits per heavy atom. The van der Waals surface area contributed by atoms with E-state index < -0.39 is 5.97 Å². The van der Waals surface area contributed by atoms with E-state index >= 15 is 0 Å². The number of nitrogens with one attached hydrogen (secondary N) is 1. The highest BCUT2D eigenvalue weighted by molar-refractivity contribution is 5.92. The fourth-order valence-electron chi connectivity index (χ4n) is 2.18. The summed E-state index contributed by atoms with van der Waals surface area (Å²) in [6.07, 6.45) is 2.68. The minimum Gasteiger partial charge on any atom is -0.481 e.